The number of aromatic nitrogens is 2. The third-order valence-corrected chi connectivity index (χ3v) is 2.45. The Morgan fingerprint density at radius 1 is 1.25 bits per heavy atom. The van der Waals surface area contributed by atoms with Crippen LogP contribution in [0, 0.1) is 6.92 Å². The molecule has 0 radical (unpaired) electrons. The van der Waals surface area contributed by atoms with Crippen molar-refractivity contribution in [3.63, 3.8) is 0 Å². The van der Waals surface area contributed by atoms with E-state index < -0.39 is 0 Å². The number of fused-ring (bicyclic) bond motifs is 1. The lowest BCUT2D eigenvalue weighted by molar-refractivity contribution is 0.971. The van der Waals surface area contributed by atoms with E-state index in [0.29, 0.717) is 6.54 Å². The molecule has 0 aliphatic carbocycles. The monoisotopic (exact) mass is 235 g/mol. The van der Waals surface area contributed by atoms with Crippen LogP contribution in [-0.2, 0) is 0 Å². The molecule has 0 aliphatic heterocycles. The number of hydrogen-bond acceptors (Lipinski definition) is 3. The first-order valence-electron chi connectivity index (χ1n) is 5.28. The molecule has 1 aromatic carbocycles. The number of nitrogens with zero attached hydrogens (tertiary/aromatic N) is 2. The van der Waals surface area contributed by atoms with Crippen LogP contribution in [0.5, 0.6) is 0 Å². The summed E-state index contributed by atoms with van der Waals surface area (Å²) in [5.41, 5.74) is 2.72. The smallest absolute Gasteiger partial charge is 0.148 e. The molecule has 3 nitrogen and oxygen atoms in total. The van der Waals surface area contributed by atoms with E-state index in [4.69, 9.17) is 11.6 Å². The predicted octanol–water partition coefficient (Wildman–Crippen LogP) is 2.98. The molecule has 2 rings (SSSR count). The minimum atomic E-state index is 0.0765. The highest BCUT2D eigenvalue weighted by atomic mass is 35.5. The van der Waals surface area contributed by atoms with Gasteiger partial charge in [-0.05, 0) is 26.0 Å². The summed E-state index contributed by atoms with van der Waals surface area (Å²) in [5, 5.41) is 3.28. The van der Waals surface area contributed by atoms with Gasteiger partial charge in [-0.25, -0.2) is 9.97 Å². The van der Waals surface area contributed by atoms with Gasteiger partial charge < -0.3 is 5.32 Å². The second-order valence-corrected chi connectivity index (χ2v) is 4.55. The lowest BCUT2D eigenvalue weighted by atomic mass is 10.3. The second-order valence-electron chi connectivity index (χ2n) is 3.81. The van der Waals surface area contributed by atoms with Gasteiger partial charge in [-0.2, -0.15) is 0 Å². The number of nitrogens with one attached hydrogen (secondary N) is 1. The average molecular weight is 236 g/mol. The van der Waals surface area contributed by atoms with E-state index in [1.807, 2.05) is 38.1 Å². The van der Waals surface area contributed by atoms with Crippen molar-refractivity contribution in [2.45, 2.75) is 19.2 Å². The molecular formula is C12H14ClN3. The summed E-state index contributed by atoms with van der Waals surface area (Å²) in [7, 11) is 0. The third kappa shape index (κ3) is 2.42. The Morgan fingerprint density at radius 3 is 2.50 bits per heavy atom. The molecule has 0 saturated heterocycles. The van der Waals surface area contributed by atoms with Crippen molar-refractivity contribution in [1.82, 2.24) is 9.97 Å². The number of alkyl halides is 1. The fourth-order valence-electron chi connectivity index (χ4n) is 1.49. The number of hydrogen-bond donors (Lipinski definition) is 1. The minimum Gasteiger partial charge on any atom is -0.367 e. The lowest BCUT2D eigenvalue weighted by Gasteiger charge is -2.10. The molecule has 1 unspecified atom stereocenters. The maximum absolute atomic E-state index is 5.89. The van der Waals surface area contributed by atoms with Gasteiger partial charge in [-0.1, -0.05) is 12.1 Å². The van der Waals surface area contributed by atoms with E-state index in [1.54, 1.807) is 0 Å². The Bertz CT molecular complexity index is 497. The summed E-state index contributed by atoms with van der Waals surface area (Å²) in [6.07, 6.45) is 0. The van der Waals surface area contributed by atoms with Crippen molar-refractivity contribution in [2.75, 3.05) is 11.9 Å². The Hall–Kier alpha value is -1.35. The molecule has 0 aliphatic rings. The summed E-state index contributed by atoms with van der Waals surface area (Å²) in [5.74, 6) is 0.811. The molecule has 0 fully saturated rings. The van der Waals surface area contributed by atoms with Crippen LogP contribution in [0.2, 0.25) is 0 Å². The molecule has 1 N–H and O–H groups in total. The van der Waals surface area contributed by atoms with Gasteiger partial charge in [0.15, 0.2) is 0 Å². The first kappa shape index (κ1) is 11.1. The molecule has 16 heavy (non-hydrogen) atoms. The third-order valence-electron chi connectivity index (χ3n) is 2.30. The summed E-state index contributed by atoms with van der Waals surface area (Å²) in [6, 6.07) is 7.84. The SMILES string of the molecule is Cc1nc2ccccc2nc1NCC(C)Cl. The molecule has 0 saturated carbocycles. The molecule has 1 aromatic heterocycles. The van der Waals surface area contributed by atoms with Crippen molar-refractivity contribution in [3.8, 4) is 0 Å². The van der Waals surface area contributed by atoms with Crippen LogP contribution in [-0.4, -0.2) is 21.9 Å². The highest BCUT2D eigenvalue weighted by molar-refractivity contribution is 6.20. The van der Waals surface area contributed by atoms with Crippen LogP contribution in [0.1, 0.15) is 12.6 Å². The maximum Gasteiger partial charge on any atom is 0.148 e. The van der Waals surface area contributed by atoms with Gasteiger partial charge in [-0.15, -0.1) is 11.6 Å². The van der Waals surface area contributed by atoms with Gasteiger partial charge in [0.2, 0.25) is 0 Å². The molecule has 1 heterocycles. The highest BCUT2D eigenvalue weighted by Crippen LogP contribution is 2.15. The fourth-order valence-corrected chi connectivity index (χ4v) is 1.57. The van der Waals surface area contributed by atoms with Crippen LogP contribution < -0.4 is 5.32 Å². The highest BCUT2D eigenvalue weighted by Gasteiger charge is 2.05. The first-order valence-corrected chi connectivity index (χ1v) is 5.72. The van der Waals surface area contributed by atoms with Gasteiger partial charge in [0.05, 0.1) is 16.7 Å². The number of anilines is 1. The Morgan fingerprint density at radius 2 is 1.88 bits per heavy atom. The van der Waals surface area contributed by atoms with E-state index in [2.05, 4.69) is 15.3 Å². The molecule has 4 heteroatoms. The van der Waals surface area contributed by atoms with E-state index in [0.717, 1.165) is 22.5 Å². The fraction of sp³-hybridized carbons (Fsp3) is 0.333. The molecular weight excluding hydrogens is 222 g/mol. The largest absolute Gasteiger partial charge is 0.367 e. The second kappa shape index (κ2) is 4.66. The van der Waals surface area contributed by atoms with E-state index in [1.165, 1.54) is 0 Å². The van der Waals surface area contributed by atoms with Crippen molar-refractivity contribution >= 4 is 28.5 Å². The van der Waals surface area contributed by atoms with E-state index in [9.17, 15) is 0 Å². The van der Waals surface area contributed by atoms with Crippen molar-refractivity contribution in [1.29, 1.82) is 0 Å². The van der Waals surface area contributed by atoms with Crippen molar-refractivity contribution in [3.05, 3.63) is 30.0 Å². The zero-order valence-electron chi connectivity index (χ0n) is 9.37. The van der Waals surface area contributed by atoms with Gasteiger partial charge in [0, 0.05) is 11.9 Å². The van der Waals surface area contributed by atoms with Gasteiger partial charge >= 0.3 is 0 Å². The zero-order valence-corrected chi connectivity index (χ0v) is 10.1. The predicted molar refractivity (Wildman–Crippen MR) is 68.1 cm³/mol. The molecule has 84 valence electrons. The van der Waals surface area contributed by atoms with Crippen molar-refractivity contribution < 1.29 is 0 Å². The topological polar surface area (TPSA) is 37.8 Å². The number of halogens is 1. The van der Waals surface area contributed by atoms with E-state index >= 15 is 0 Å². The zero-order chi connectivity index (χ0) is 11.5. The number of benzene rings is 1. The van der Waals surface area contributed by atoms with E-state index in [-0.39, 0.29) is 5.38 Å². The molecule has 1 atom stereocenters. The summed E-state index contributed by atoms with van der Waals surface area (Å²) >= 11 is 5.89. The van der Waals surface area contributed by atoms with Crippen LogP contribution in [0.15, 0.2) is 24.3 Å². The van der Waals surface area contributed by atoms with Crippen LogP contribution in [0.25, 0.3) is 11.0 Å². The van der Waals surface area contributed by atoms with Gasteiger partial charge in [-0.3, -0.25) is 0 Å². The lowest BCUT2D eigenvalue weighted by Crippen LogP contribution is -2.13. The van der Waals surface area contributed by atoms with Gasteiger partial charge in [0.25, 0.3) is 0 Å². The van der Waals surface area contributed by atoms with Crippen LogP contribution >= 0.6 is 11.6 Å². The summed E-state index contributed by atoms with van der Waals surface area (Å²) < 4.78 is 0. The minimum absolute atomic E-state index is 0.0765. The number of aryl methyl sites for hydroxylation is 1. The van der Waals surface area contributed by atoms with Gasteiger partial charge in [0.1, 0.15) is 5.82 Å². The Kier molecular flexibility index (Phi) is 3.25. The molecule has 0 amide bonds. The quantitative estimate of drug-likeness (QED) is 0.832. The van der Waals surface area contributed by atoms with Crippen LogP contribution in [0.3, 0.4) is 0 Å². The maximum atomic E-state index is 5.89. The van der Waals surface area contributed by atoms with Crippen molar-refractivity contribution in [2.24, 2.45) is 0 Å². The Balaban J connectivity index is 2.34. The summed E-state index contributed by atoms with van der Waals surface area (Å²) in [4.78, 5) is 9.00. The average Bonchev–Trinajstić information content (AvgIpc) is 2.26. The molecule has 0 bridgehead atoms. The normalized spacial score (nSPS) is 12.7. The number of rotatable bonds is 3. The molecule has 2 aromatic rings. The standard InChI is InChI=1S/C12H14ClN3/c1-8(13)7-14-12-9(2)15-10-5-3-4-6-11(10)16-12/h3-6,8H,7H2,1-2H3,(H,14,16). The molecule has 0 spiro atoms. The summed E-state index contributed by atoms with van der Waals surface area (Å²) in [6.45, 7) is 4.58. The number of para-hydroxylation sites is 2. The Labute approximate surface area is 99.9 Å². The van der Waals surface area contributed by atoms with Crippen LogP contribution in [0.4, 0.5) is 5.82 Å². The first-order chi connectivity index (χ1) is 7.66.